The summed E-state index contributed by atoms with van der Waals surface area (Å²) in [5, 5.41) is 2.81. The Balaban J connectivity index is 1.50. The molecule has 0 bridgehead atoms. The molecule has 164 valence electrons. The number of halogens is 1. The molecule has 0 aromatic heterocycles. The summed E-state index contributed by atoms with van der Waals surface area (Å²) in [6.45, 7) is 5.25. The Morgan fingerprint density at radius 2 is 1.56 bits per heavy atom. The number of hydrazine groups is 1. The van der Waals surface area contributed by atoms with Crippen LogP contribution in [0.3, 0.4) is 0 Å². The highest BCUT2D eigenvalue weighted by molar-refractivity contribution is 6.30. The van der Waals surface area contributed by atoms with Gasteiger partial charge in [-0.3, -0.25) is 0 Å². The predicted octanol–water partition coefficient (Wildman–Crippen LogP) is 6.13. The normalized spacial score (nSPS) is 19.3. The highest BCUT2D eigenvalue weighted by Gasteiger charge is 2.40. The van der Waals surface area contributed by atoms with E-state index in [1.165, 1.54) is 0 Å². The van der Waals surface area contributed by atoms with E-state index in [4.69, 9.17) is 25.8 Å². The van der Waals surface area contributed by atoms with Gasteiger partial charge in [0.25, 0.3) is 0 Å². The minimum Gasteiger partial charge on any atom is -0.494 e. The first-order valence-corrected chi connectivity index (χ1v) is 11.2. The lowest BCUT2D eigenvalue weighted by Crippen LogP contribution is -2.43. The van der Waals surface area contributed by atoms with Gasteiger partial charge in [0, 0.05) is 16.1 Å². The second kappa shape index (κ2) is 8.77. The molecule has 2 heterocycles. The third-order valence-corrected chi connectivity index (χ3v) is 5.84. The number of ether oxygens (including phenoxy) is 3. The van der Waals surface area contributed by atoms with Crippen LogP contribution in [0.2, 0.25) is 5.02 Å². The molecule has 3 aromatic carbocycles. The van der Waals surface area contributed by atoms with Gasteiger partial charge in [-0.05, 0) is 80.1 Å². The van der Waals surface area contributed by atoms with Crippen molar-refractivity contribution in [1.82, 2.24) is 10.4 Å². The Kier molecular flexibility index (Phi) is 5.68. The van der Waals surface area contributed by atoms with Crippen molar-refractivity contribution in [3.63, 3.8) is 0 Å². The molecule has 0 saturated carbocycles. The van der Waals surface area contributed by atoms with Crippen molar-refractivity contribution in [3.05, 3.63) is 94.5 Å². The number of fused-ring (bicyclic) bond motifs is 3. The first-order valence-electron chi connectivity index (χ1n) is 10.8. The zero-order valence-corrected chi connectivity index (χ0v) is 18.8. The molecule has 0 aliphatic carbocycles. The summed E-state index contributed by atoms with van der Waals surface area (Å²) in [5.74, 6) is 2.54. The molecule has 0 spiro atoms. The van der Waals surface area contributed by atoms with Gasteiger partial charge in [0.2, 0.25) is 0 Å². The van der Waals surface area contributed by atoms with E-state index in [-0.39, 0.29) is 12.3 Å². The van der Waals surface area contributed by atoms with Gasteiger partial charge in [-0.15, -0.1) is 0 Å². The summed E-state index contributed by atoms with van der Waals surface area (Å²) < 4.78 is 17.6. The van der Waals surface area contributed by atoms with Crippen LogP contribution in [0.4, 0.5) is 0 Å². The smallest absolute Gasteiger partial charge is 0.195 e. The lowest BCUT2D eigenvalue weighted by molar-refractivity contribution is -0.0326. The molecule has 5 rings (SSSR count). The Morgan fingerprint density at radius 1 is 0.906 bits per heavy atom. The second-order valence-electron chi connectivity index (χ2n) is 7.66. The number of hydrogen-bond donors (Lipinski definition) is 1. The van der Waals surface area contributed by atoms with E-state index in [1.54, 1.807) is 0 Å². The molecule has 0 amide bonds. The highest BCUT2D eigenvalue weighted by Crippen LogP contribution is 2.46. The van der Waals surface area contributed by atoms with Crippen LogP contribution in [0.15, 0.2) is 72.8 Å². The number of hydrogen-bond acceptors (Lipinski definition) is 5. The maximum absolute atomic E-state index is 6.43. The van der Waals surface area contributed by atoms with Crippen LogP contribution in [0, 0.1) is 0 Å². The van der Waals surface area contributed by atoms with Gasteiger partial charge in [-0.1, -0.05) is 23.7 Å². The molecule has 0 fully saturated rings. The van der Waals surface area contributed by atoms with Gasteiger partial charge in [0.1, 0.15) is 17.2 Å². The zero-order chi connectivity index (χ0) is 22.1. The van der Waals surface area contributed by atoms with Crippen LogP contribution >= 0.6 is 11.6 Å². The minimum atomic E-state index is -0.305. The third-order valence-electron chi connectivity index (χ3n) is 5.61. The summed E-state index contributed by atoms with van der Waals surface area (Å²) in [7, 11) is 0. The highest BCUT2D eigenvalue weighted by atomic mass is 35.5. The van der Waals surface area contributed by atoms with E-state index in [0.717, 1.165) is 39.6 Å². The van der Waals surface area contributed by atoms with Crippen molar-refractivity contribution in [3.8, 4) is 17.2 Å². The molecule has 2 unspecified atom stereocenters. The Bertz CT molecular complexity index is 1130. The molecule has 6 heteroatoms. The van der Waals surface area contributed by atoms with E-state index >= 15 is 0 Å². The number of nitrogens with one attached hydrogen (secondary N) is 1. The van der Waals surface area contributed by atoms with Gasteiger partial charge < -0.3 is 19.6 Å². The molecular weight excluding hydrogens is 424 g/mol. The molecule has 2 aliphatic heterocycles. The summed E-state index contributed by atoms with van der Waals surface area (Å²) in [5.41, 5.74) is 7.73. The fraction of sp³-hybridized carbons (Fsp3) is 0.231. The van der Waals surface area contributed by atoms with Crippen molar-refractivity contribution in [2.75, 3.05) is 13.2 Å². The average molecular weight is 449 g/mol. The van der Waals surface area contributed by atoms with Crippen molar-refractivity contribution in [2.24, 2.45) is 0 Å². The number of benzene rings is 3. The van der Waals surface area contributed by atoms with Gasteiger partial charge >= 0.3 is 0 Å². The molecule has 5 nitrogen and oxygen atoms in total. The van der Waals surface area contributed by atoms with Crippen molar-refractivity contribution in [1.29, 1.82) is 0 Å². The van der Waals surface area contributed by atoms with Crippen LogP contribution in [-0.4, -0.2) is 18.2 Å². The average Bonchev–Trinajstić information content (AvgIpc) is 3.26. The fourth-order valence-corrected chi connectivity index (χ4v) is 4.33. The molecule has 3 aromatic rings. The number of rotatable bonds is 6. The maximum atomic E-state index is 6.43. The van der Waals surface area contributed by atoms with E-state index in [9.17, 15) is 0 Å². The molecule has 2 aliphatic rings. The van der Waals surface area contributed by atoms with Crippen molar-refractivity contribution < 1.29 is 14.2 Å². The second-order valence-corrected chi connectivity index (χ2v) is 8.09. The lowest BCUT2D eigenvalue weighted by Gasteiger charge is -2.39. The van der Waals surface area contributed by atoms with Crippen molar-refractivity contribution in [2.45, 2.75) is 26.1 Å². The van der Waals surface area contributed by atoms with Crippen LogP contribution in [0.25, 0.3) is 5.70 Å². The largest absolute Gasteiger partial charge is 0.494 e. The van der Waals surface area contributed by atoms with Gasteiger partial charge in [-0.25, -0.2) is 0 Å². The molecule has 0 radical (unpaired) electrons. The van der Waals surface area contributed by atoms with E-state index < -0.39 is 0 Å². The van der Waals surface area contributed by atoms with E-state index in [1.807, 2.05) is 68.4 Å². The van der Waals surface area contributed by atoms with E-state index in [0.29, 0.717) is 18.2 Å². The Morgan fingerprint density at radius 3 is 2.22 bits per heavy atom. The Labute approximate surface area is 193 Å². The van der Waals surface area contributed by atoms with Gasteiger partial charge in [0.15, 0.2) is 6.23 Å². The quantitative estimate of drug-likeness (QED) is 0.491. The summed E-state index contributed by atoms with van der Waals surface area (Å²) in [6.07, 6.45) is 1.91. The molecule has 2 atom stereocenters. The SMILES string of the molecule is CCOc1ccc(C2=CC3c4cc(Cl)ccc4OC(c4ccc(OCC)cc4)N3N2)cc1. The van der Waals surface area contributed by atoms with Gasteiger partial charge in [-0.2, -0.15) is 5.01 Å². The molecule has 32 heavy (non-hydrogen) atoms. The molecule has 0 saturated heterocycles. The fourth-order valence-electron chi connectivity index (χ4n) is 4.15. The van der Waals surface area contributed by atoms with Crippen LogP contribution in [0.5, 0.6) is 17.2 Å². The molecule has 1 N–H and O–H groups in total. The topological polar surface area (TPSA) is 43.0 Å². The first kappa shape index (κ1) is 20.7. The summed E-state index contributed by atoms with van der Waals surface area (Å²) in [6, 6.07) is 21.9. The summed E-state index contributed by atoms with van der Waals surface area (Å²) in [4.78, 5) is 0. The first-order chi connectivity index (χ1) is 15.7. The van der Waals surface area contributed by atoms with Crippen LogP contribution in [-0.2, 0) is 0 Å². The standard InChI is InChI=1S/C26H25ClN2O3/c1-3-30-20-10-5-17(6-11-20)23-16-24-22-15-19(27)9-14-25(22)32-26(29(24)28-23)18-7-12-21(13-8-18)31-4-2/h5-16,24,26,28H,3-4H2,1-2H3. The van der Waals surface area contributed by atoms with Crippen molar-refractivity contribution >= 4 is 17.3 Å². The number of nitrogens with zero attached hydrogens (tertiary/aromatic N) is 1. The Hall–Kier alpha value is -3.15. The van der Waals surface area contributed by atoms with Crippen LogP contribution < -0.4 is 19.6 Å². The lowest BCUT2D eigenvalue weighted by atomic mass is 10.0. The van der Waals surface area contributed by atoms with Crippen LogP contribution in [0.1, 0.15) is 42.8 Å². The molecular formula is C26H25ClN2O3. The minimum absolute atomic E-state index is 0.0180. The van der Waals surface area contributed by atoms with E-state index in [2.05, 4.69) is 28.6 Å². The monoisotopic (exact) mass is 448 g/mol. The van der Waals surface area contributed by atoms with Gasteiger partial charge in [0.05, 0.1) is 25.0 Å². The summed E-state index contributed by atoms with van der Waals surface area (Å²) >= 11 is 6.33. The maximum Gasteiger partial charge on any atom is 0.195 e. The third kappa shape index (κ3) is 3.90. The predicted molar refractivity (Wildman–Crippen MR) is 126 cm³/mol. The zero-order valence-electron chi connectivity index (χ0n) is 18.0.